The van der Waals surface area contributed by atoms with Crippen LogP contribution in [-0.4, -0.2) is 9.67 Å². The second kappa shape index (κ2) is 5.04. The van der Waals surface area contributed by atoms with E-state index < -0.39 is 0 Å². The zero-order valence-electron chi connectivity index (χ0n) is 10.8. The fourth-order valence-corrected chi connectivity index (χ4v) is 2.81. The molecule has 1 N–H and O–H groups in total. The van der Waals surface area contributed by atoms with E-state index in [0.717, 1.165) is 10.9 Å². The highest BCUT2D eigenvalue weighted by atomic mass is 35.5. The summed E-state index contributed by atoms with van der Waals surface area (Å²) in [6.45, 7) is 2.02. The lowest BCUT2D eigenvalue weighted by Crippen LogP contribution is -2.04. The number of nitrogens with zero attached hydrogens (tertiary/aromatic N) is 1. The number of fused-ring (bicyclic) bond motifs is 1. The molecule has 0 aliphatic rings. The Morgan fingerprint density at radius 1 is 1.05 bits per heavy atom. The first-order valence-electron chi connectivity index (χ1n) is 6.31. The number of hydrogen-bond acceptors (Lipinski definition) is 1. The summed E-state index contributed by atoms with van der Waals surface area (Å²) in [5.74, 6) is 0.188. The summed E-state index contributed by atoms with van der Waals surface area (Å²) in [4.78, 5) is 0. The van der Waals surface area contributed by atoms with Crippen molar-refractivity contribution in [3.05, 3.63) is 64.3 Å². The molecule has 0 aliphatic heterocycles. The molecule has 1 atom stereocenters. The van der Waals surface area contributed by atoms with Crippen LogP contribution in [0.25, 0.3) is 10.8 Å². The Labute approximate surface area is 127 Å². The topological polar surface area (TPSA) is 25.2 Å². The number of aromatic hydroxyl groups is 1. The third kappa shape index (κ3) is 2.15. The van der Waals surface area contributed by atoms with Gasteiger partial charge in [-0.25, -0.2) is 0 Å². The Bertz CT molecular complexity index is 762. The van der Waals surface area contributed by atoms with Crippen molar-refractivity contribution in [2.45, 2.75) is 13.0 Å². The maximum absolute atomic E-state index is 10.4. The van der Waals surface area contributed by atoms with Gasteiger partial charge in [0.15, 0.2) is 0 Å². The normalized spacial score (nSPS) is 12.8. The van der Waals surface area contributed by atoms with Crippen LogP contribution in [0.15, 0.2) is 48.7 Å². The predicted molar refractivity (Wildman–Crippen MR) is 83.9 cm³/mol. The van der Waals surface area contributed by atoms with E-state index >= 15 is 0 Å². The third-order valence-electron chi connectivity index (χ3n) is 3.56. The Balaban J connectivity index is 2.12. The van der Waals surface area contributed by atoms with Gasteiger partial charge in [-0.15, -0.1) is 0 Å². The fraction of sp³-hybridized carbons (Fsp3) is 0.125. The molecule has 0 spiro atoms. The molecule has 1 aromatic heterocycles. The Morgan fingerprint density at radius 3 is 2.40 bits per heavy atom. The van der Waals surface area contributed by atoms with Gasteiger partial charge in [0, 0.05) is 16.6 Å². The third-order valence-corrected chi connectivity index (χ3v) is 4.13. The predicted octanol–water partition coefficient (Wildman–Crippen LogP) is 5.26. The zero-order chi connectivity index (χ0) is 14.3. The smallest absolute Gasteiger partial charge is 0.201 e. The van der Waals surface area contributed by atoms with E-state index in [0.29, 0.717) is 15.4 Å². The molecule has 2 nitrogen and oxygen atoms in total. The maximum Gasteiger partial charge on any atom is 0.201 e. The average molecular weight is 306 g/mol. The molecule has 3 rings (SSSR count). The van der Waals surface area contributed by atoms with Crippen LogP contribution in [0.4, 0.5) is 0 Å². The molecule has 0 radical (unpaired) electrons. The van der Waals surface area contributed by atoms with Crippen LogP contribution in [0.3, 0.4) is 0 Å². The minimum absolute atomic E-state index is 0.00395. The highest BCUT2D eigenvalue weighted by molar-refractivity contribution is 6.36. The molecule has 3 aromatic rings. The largest absolute Gasteiger partial charge is 0.494 e. The van der Waals surface area contributed by atoms with Crippen molar-refractivity contribution in [3.8, 4) is 5.88 Å². The van der Waals surface area contributed by atoms with Crippen LogP contribution in [0, 0.1) is 0 Å². The monoisotopic (exact) mass is 305 g/mol. The van der Waals surface area contributed by atoms with Crippen molar-refractivity contribution in [1.29, 1.82) is 0 Å². The molecule has 4 heteroatoms. The van der Waals surface area contributed by atoms with Crippen LogP contribution < -0.4 is 0 Å². The van der Waals surface area contributed by atoms with E-state index in [1.807, 2.05) is 54.1 Å². The lowest BCUT2D eigenvalue weighted by Gasteiger charge is -2.15. The van der Waals surface area contributed by atoms with Crippen molar-refractivity contribution in [2.75, 3.05) is 0 Å². The summed E-state index contributed by atoms with van der Waals surface area (Å²) in [7, 11) is 0. The first-order valence-corrected chi connectivity index (χ1v) is 7.07. The van der Waals surface area contributed by atoms with Crippen molar-refractivity contribution in [2.24, 2.45) is 0 Å². The second-order valence-electron chi connectivity index (χ2n) is 4.79. The number of aromatic nitrogens is 1. The van der Waals surface area contributed by atoms with E-state index in [1.54, 1.807) is 6.07 Å². The Kier molecular flexibility index (Phi) is 3.36. The molecule has 0 aliphatic carbocycles. The van der Waals surface area contributed by atoms with Crippen LogP contribution in [-0.2, 0) is 0 Å². The number of benzene rings is 2. The molecule has 0 bridgehead atoms. The molecule has 0 unspecified atom stereocenters. The van der Waals surface area contributed by atoms with Gasteiger partial charge in [-0.1, -0.05) is 47.5 Å². The van der Waals surface area contributed by atoms with Crippen LogP contribution in [0.5, 0.6) is 5.88 Å². The van der Waals surface area contributed by atoms with E-state index in [4.69, 9.17) is 23.2 Å². The lowest BCUT2D eigenvalue weighted by molar-refractivity contribution is 0.412. The first kappa shape index (κ1) is 13.3. The van der Waals surface area contributed by atoms with Crippen LogP contribution in [0.2, 0.25) is 10.0 Å². The first-order chi connectivity index (χ1) is 9.58. The van der Waals surface area contributed by atoms with Gasteiger partial charge in [0.2, 0.25) is 5.88 Å². The molecule has 2 aromatic carbocycles. The fourth-order valence-electron chi connectivity index (χ4n) is 2.42. The summed E-state index contributed by atoms with van der Waals surface area (Å²) in [6.07, 6.45) is 1.91. The standard InChI is InChI=1S/C16H13Cl2NO/c1-10(11-5-7-13(17)8-6-11)19-9-12-3-2-4-14(18)15(12)16(19)20/h2-10,20H,1H3/t10-/m0/s1. The molecule has 0 saturated heterocycles. The highest BCUT2D eigenvalue weighted by Crippen LogP contribution is 2.36. The molecule has 1 heterocycles. The Morgan fingerprint density at radius 2 is 1.75 bits per heavy atom. The van der Waals surface area contributed by atoms with E-state index in [-0.39, 0.29) is 11.9 Å². The molecular weight excluding hydrogens is 293 g/mol. The SMILES string of the molecule is C[C@@H](c1ccc(Cl)cc1)n1cc2cccc(Cl)c2c1O. The van der Waals surface area contributed by atoms with Crippen molar-refractivity contribution in [1.82, 2.24) is 4.57 Å². The van der Waals surface area contributed by atoms with Gasteiger partial charge >= 0.3 is 0 Å². The number of rotatable bonds is 2. The minimum atomic E-state index is -0.00395. The summed E-state index contributed by atoms with van der Waals surface area (Å²) in [5.41, 5.74) is 1.07. The van der Waals surface area contributed by atoms with Gasteiger partial charge in [-0.05, 0) is 30.7 Å². The van der Waals surface area contributed by atoms with Gasteiger partial charge in [-0.3, -0.25) is 0 Å². The van der Waals surface area contributed by atoms with E-state index in [2.05, 4.69) is 0 Å². The van der Waals surface area contributed by atoms with Crippen LogP contribution in [0.1, 0.15) is 18.5 Å². The van der Waals surface area contributed by atoms with Gasteiger partial charge in [0.25, 0.3) is 0 Å². The van der Waals surface area contributed by atoms with Crippen LogP contribution >= 0.6 is 23.2 Å². The quantitative estimate of drug-likeness (QED) is 0.686. The lowest BCUT2D eigenvalue weighted by atomic mass is 10.1. The summed E-state index contributed by atoms with van der Waals surface area (Å²) >= 11 is 12.1. The maximum atomic E-state index is 10.4. The average Bonchev–Trinajstić information content (AvgIpc) is 2.77. The number of halogens is 2. The van der Waals surface area contributed by atoms with Gasteiger partial charge in [0.1, 0.15) is 0 Å². The summed E-state index contributed by atoms with van der Waals surface area (Å²) in [6, 6.07) is 13.2. The molecule has 0 amide bonds. The van der Waals surface area contributed by atoms with Crippen molar-refractivity contribution in [3.63, 3.8) is 0 Å². The second-order valence-corrected chi connectivity index (χ2v) is 5.64. The minimum Gasteiger partial charge on any atom is -0.494 e. The molecule has 20 heavy (non-hydrogen) atoms. The molecule has 0 saturated carbocycles. The van der Waals surface area contributed by atoms with Crippen molar-refractivity contribution < 1.29 is 5.11 Å². The summed E-state index contributed by atoms with van der Waals surface area (Å²) < 4.78 is 1.82. The van der Waals surface area contributed by atoms with Gasteiger partial charge < -0.3 is 9.67 Å². The zero-order valence-corrected chi connectivity index (χ0v) is 12.4. The summed E-state index contributed by atoms with van der Waals surface area (Å²) in [5, 5.41) is 13.3. The molecular formula is C16H13Cl2NO. The van der Waals surface area contributed by atoms with E-state index in [1.165, 1.54) is 0 Å². The van der Waals surface area contributed by atoms with E-state index in [9.17, 15) is 5.11 Å². The van der Waals surface area contributed by atoms with Gasteiger partial charge in [0.05, 0.1) is 16.5 Å². The Hall–Kier alpha value is -1.64. The molecule has 102 valence electrons. The molecule has 0 fully saturated rings. The van der Waals surface area contributed by atoms with Crippen molar-refractivity contribution >= 4 is 34.0 Å². The van der Waals surface area contributed by atoms with Gasteiger partial charge in [-0.2, -0.15) is 0 Å². The highest BCUT2D eigenvalue weighted by Gasteiger charge is 2.16. The number of hydrogen-bond donors (Lipinski definition) is 1.